The lowest BCUT2D eigenvalue weighted by atomic mass is 10.1. The molecule has 1 heterocycles. The molecule has 0 amide bonds. The predicted molar refractivity (Wildman–Crippen MR) is 91.6 cm³/mol. The first kappa shape index (κ1) is 17.3. The third kappa shape index (κ3) is 5.94. The topological polar surface area (TPSA) is 54.6 Å². The lowest BCUT2D eigenvalue weighted by Crippen LogP contribution is -2.05. The molecule has 4 heteroatoms. The molecular formula is C19H26N2O2. The average molecular weight is 314 g/mol. The highest BCUT2D eigenvalue weighted by Crippen LogP contribution is 2.19. The first-order valence-corrected chi connectivity index (χ1v) is 8.69. The Morgan fingerprint density at radius 3 is 2.48 bits per heavy atom. The Balaban J connectivity index is 1.63. The molecule has 0 N–H and O–H groups in total. The number of hydrogen-bond acceptors (Lipinski definition) is 4. The van der Waals surface area contributed by atoms with E-state index in [2.05, 4.69) is 18.1 Å². The van der Waals surface area contributed by atoms with Crippen molar-refractivity contribution >= 4 is 5.71 Å². The summed E-state index contributed by atoms with van der Waals surface area (Å²) >= 11 is 0. The Morgan fingerprint density at radius 1 is 1.13 bits per heavy atom. The van der Waals surface area contributed by atoms with Gasteiger partial charge in [0.05, 0.1) is 12.3 Å². The molecule has 1 aliphatic heterocycles. The molecule has 124 valence electrons. The van der Waals surface area contributed by atoms with Gasteiger partial charge in [0, 0.05) is 6.42 Å². The van der Waals surface area contributed by atoms with Gasteiger partial charge in [-0.3, -0.25) is 0 Å². The van der Waals surface area contributed by atoms with Crippen molar-refractivity contribution in [2.75, 3.05) is 6.61 Å². The van der Waals surface area contributed by atoms with Gasteiger partial charge in [-0.2, -0.15) is 5.26 Å². The molecule has 1 unspecified atom stereocenters. The highest BCUT2D eigenvalue weighted by atomic mass is 16.6. The molecule has 0 fully saturated rings. The van der Waals surface area contributed by atoms with Crippen molar-refractivity contribution < 1.29 is 9.57 Å². The van der Waals surface area contributed by atoms with E-state index in [9.17, 15) is 0 Å². The molecule has 23 heavy (non-hydrogen) atoms. The summed E-state index contributed by atoms with van der Waals surface area (Å²) in [6.45, 7) is 3.01. The Hall–Kier alpha value is -2.02. The standard InChI is InChI=1S/C19H26N2O2/c1-2-3-4-5-6-7-8-13-22-17-11-9-16(10-12-17)19-14-18(15-20)23-21-19/h9-12,18H,2-8,13-14H2,1H3. The fourth-order valence-electron chi connectivity index (χ4n) is 2.61. The van der Waals surface area contributed by atoms with Gasteiger partial charge in [-0.1, -0.05) is 50.6 Å². The van der Waals surface area contributed by atoms with Gasteiger partial charge in [0.1, 0.15) is 11.8 Å². The molecule has 1 aromatic carbocycles. The van der Waals surface area contributed by atoms with E-state index in [1.54, 1.807) is 0 Å². The van der Waals surface area contributed by atoms with Crippen LogP contribution in [0.4, 0.5) is 0 Å². The lowest BCUT2D eigenvalue weighted by molar-refractivity contribution is 0.125. The van der Waals surface area contributed by atoms with Crippen molar-refractivity contribution in [2.45, 2.75) is 64.4 Å². The highest BCUT2D eigenvalue weighted by Gasteiger charge is 2.21. The maximum absolute atomic E-state index is 8.81. The SMILES string of the molecule is CCCCCCCCCOc1ccc(C2=NOC(C#N)C2)cc1. The van der Waals surface area contributed by atoms with E-state index in [-0.39, 0.29) is 0 Å². The minimum Gasteiger partial charge on any atom is -0.494 e. The third-order valence-corrected chi connectivity index (χ3v) is 4.02. The van der Waals surface area contributed by atoms with Gasteiger partial charge in [-0.05, 0) is 36.2 Å². The monoisotopic (exact) mass is 314 g/mol. The van der Waals surface area contributed by atoms with E-state index < -0.39 is 6.10 Å². The third-order valence-electron chi connectivity index (χ3n) is 4.02. The van der Waals surface area contributed by atoms with E-state index in [1.807, 2.05) is 24.3 Å². The smallest absolute Gasteiger partial charge is 0.218 e. The van der Waals surface area contributed by atoms with Gasteiger partial charge in [0.2, 0.25) is 6.10 Å². The number of nitrogens with zero attached hydrogens (tertiary/aromatic N) is 2. The summed E-state index contributed by atoms with van der Waals surface area (Å²) in [7, 11) is 0. The molecule has 0 spiro atoms. The van der Waals surface area contributed by atoms with E-state index in [1.165, 1.54) is 38.5 Å². The fourth-order valence-corrected chi connectivity index (χ4v) is 2.61. The molecule has 0 saturated carbocycles. The van der Waals surface area contributed by atoms with Crippen LogP contribution in [-0.4, -0.2) is 18.4 Å². The highest BCUT2D eigenvalue weighted by molar-refractivity contribution is 6.01. The number of rotatable bonds is 10. The van der Waals surface area contributed by atoms with Crippen LogP contribution in [-0.2, 0) is 4.84 Å². The molecule has 1 aromatic rings. The van der Waals surface area contributed by atoms with Gasteiger partial charge in [-0.15, -0.1) is 0 Å². The van der Waals surface area contributed by atoms with Gasteiger partial charge in [0.15, 0.2) is 0 Å². The van der Waals surface area contributed by atoms with Crippen molar-refractivity contribution in [1.82, 2.24) is 0 Å². The molecule has 0 bridgehead atoms. The Bertz CT molecular complexity index is 531. The zero-order valence-corrected chi connectivity index (χ0v) is 14.0. The van der Waals surface area contributed by atoms with Crippen LogP contribution in [0.2, 0.25) is 0 Å². The number of benzene rings is 1. The molecule has 1 atom stereocenters. The zero-order valence-electron chi connectivity index (χ0n) is 14.0. The largest absolute Gasteiger partial charge is 0.494 e. The van der Waals surface area contributed by atoms with Crippen molar-refractivity contribution in [3.05, 3.63) is 29.8 Å². The summed E-state index contributed by atoms with van der Waals surface area (Å²) in [6, 6.07) is 9.93. The molecule has 1 aliphatic rings. The predicted octanol–water partition coefficient (Wildman–Crippen LogP) is 4.83. The molecule has 0 aromatic heterocycles. The van der Waals surface area contributed by atoms with Crippen molar-refractivity contribution in [1.29, 1.82) is 5.26 Å². The number of unbranched alkanes of at least 4 members (excludes halogenated alkanes) is 6. The normalized spacial score (nSPS) is 16.5. The van der Waals surface area contributed by atoms with E-state index >= 15 is 0 Å². The van der Waals surface area contributed by atoms with Crippen molar-refractivity contribution in [2.24, 2.45) is 5.16 Å². The van der Waals surface area contributed by atoms with E-state index in [4.69, 9.17) is 14.8 Å². The average Bonchev–Trinajstić information content (AvgIpc) is 3.07. The Labute approximate surface area is 139 Å². The number of oxime groups is 1. The van der Waals surface area contributed by atoms with Crippen molar-refractivity contribution in [3.8, 4) is 11.8 Å². The van der Waals surface area contributed by atoms with Crippen LogP contribution in [0.5, 0.6) is 5.75 Å². The van der Waals surface area contributed by atoms with E-state index in [0.717, 1.165) is 30.1 Å². The molecule has 4 nitrogen and oxygen atoms in total. The second kappa shape index (κ2) is 9.89. The molecule has 0 aliphatic carbocycles. The lowest BCUT2D eigenvalue weighted by Gasteiger charge is -2.07. The maximum Gasteiger partial charge on any atom is 0.218 e. The second-order valence-electron chi connectivity index (χ2n) is 5.96. The van der Waals surface area contributed by atoms with Crippen LogP contribution < -0.4 is 4.74 Å². The summed E-state index contributed by atoms with van der Waals surface area (Å²) in [5, 5.41) is 12.8. The van der Waals surface area contributed by atoms with Gasteiger partial charge < -0.3 is 9.57 Å². The molecular weight excluding hydrogens is 288 g/mol. The van der Waals surface area contributed by atoms with Crippen molar-refractivity contribution in [3.63, 3.8) is 0 Å². The Morgan fingerprint density at radius 2 is 1.83 bits per heavy atom. The van der Waals surface area contributed by atoms with Crippen LogP contribution in [0, 0.1) is 11.3 Å². The minimum absolute atomic E-state index is 0.446. The summed E-state index contributed by atoms with van der Waals surface area (Å²) in [6.07, 6.45) is 9.12. The van der Waals surface area contributed by atoms with Gasteiger partial charge in [-0.25, -0.2) is 0 Å². The van der Waals surface area contributed by atoms with Gasteiger partial charge in [0.25, 0.3) is 0 Å². The first-order chi connectivity index (χ1) is 11.3. The summed E-state index contributed by atoms with van der Waals surface area (Å²) in [5.41, 5.74) is 1.82. The number of ether oxygens (including phenoxy) is 1. The zero-order chi connectivity index (χ0) is 16.3. The summed E-state index contributed by atoms with van der Waals surface area (Å²) in [5.74, 6) is 0.885. The van der Waals surface area contributed by atoms with Crippen LogP contribution in [0.1, 0.15) is 63.9 Å². The number of nitriles is 1. The molecule has 0 saturated heterocycles. The van der Waals surface area contributed by atoms with Crippen LogP contribution in [0.3, 0.4) is 0 Å². The summed E-state index contributed by atoms with van der Waals surface area (Å²) < 4.78 is 5.77. The van der Waals surface area contributed by atoms with Crippen LogP contribution >= 0.6 is 0 Å². The van der Waals surface area contributed by atoms with Gasteiger partial charge >= 0.3 is 0 Å². The summed E-state index contributed by atoms with van der Waals surface area (Å²) in [4.78, 5) is 5.02. The van der Waals surface area contributed by atoms with Crippen LogP contribution in [0.15, 0.2) is 29.4 Å². The first-order valence-electron chi connectivity index (χ1n) is 8.69. The maximum atomic E-state index is 8.81. The quantitative estimate of drug-likeness (QED) is 0.581. The second-order valence-corrected chi connectivity index (χ2v) is 5.96. The number of hydrogen-bond donors (Lipinski definition) is 0. The molecule has 2 rings (SSSR count). The Kier molecular flexibility index (Phi) is 7.45. The van der Waals surface area contributed by atoms with E-state index in [0.29, 0.717) is 6.42 Å². The van der Waals surface area contributed by atoms with Crippen LogP contribution in [0.25, 0.3) is 0 Å². The minimum atomic E-state index is -0.446. The molecule has 0 radical (unpaired) electrons. The fraction of sp³-hybridized carbons (Fsp3) is 0.579.